The molecule has 0 aliphatic carbocycles. The molecule has 2 rings (SSSR count). The van der Waals surface area contributed by atoms with Gasteiger partial charge in [0, 0.05) is 26.2 Å². The fraction of sp³-hybridized carbons (Fsp3) is 0.556. The van der Waals surface area contributed by atoms with Crippen LogP contribution in [0.5, 0.6) is 0 Å². The van der Waals surface area contributed by atoms with E-state index in [0.29, 0.717) is 5.92 Å². The SMILES string of the molecule is CCNCC(C)c1ccc(CN2CCC=C(C)C2)cc1. The highest BCUT2D eigenvalue weighted by Crippen LogP contribution is 2.17. The smallest absolute Gasteiger partial charge is 0.0237 e. The van der Waals surface area contributed by atoms with Gasteiger partial charge in [-0.25, -0.2) is 0 Å². The van der Waals surface area contributed by atoms with E-state index < -0.39 is 0 Å². The van der Waals surface area contributed by atoms with Crippen LogP contribution in [0.2, 0.25) is 0 Å². The van der Waals surface area contributed by atoms with Gasteiger partial charge in [0.2, 0.25) is 0 Å². The van der Waals surface area contributed by atoms with Gasteiger partial charge in [0.1, 0.15) is 0 Å². The summed E-state index contributed by atoms with van der Waals surface area (Å²) in [6.07, 6.45) is 3.56. The first-order valence-corrected chi connectivity index (χ1v) is 7.86. The van der Waals surface area contributed by atoms with Crippen molar-refractivity contribution < 1.29 is 0 Å². The van der Waals surface area contributed by atoms with Crippen molar-refractivity contribution in [3.8, 4) is 0 Å². The maximum absolute atomic E-state index is 3.42. The summed E-state index contributed by atoms with van der Waals surface area (Å²) in [7, 11) is 0. The lowest BCUT2D eigenvalue weighted by molar-refractivity contribution is 0.282. The van der Waals surface area contributed by atoms with E-state index in [9.17, 15) is 0 Å². The van der Waals surface area contributed by atoms with Crippen molar-refractivity contribution >= 4 is 0 Å². The Labute approximate surface area is 123 Å². The maximum Gasteiger partial charge on any atom is 0.0237 e. The molecule has 20 heavy (non-hydrogen) atoms. The summed E-state index contributed by atoms with van der Waals surface area (Å²) in [5.74, 6) is 0.587. The van der Waals surface area contributed by atoms with Gasteiger partial charge in [-0.2, -0.15) is 0 Å². The number of benzene rings is 1. The van der Waals surface area contributed by atoms with Crippen LogP contribution in [0.25, 0.3) is 0 Å². The second-order valence-electron chi connectivity index (χ2n) is 6.00. The molecule has 0 bridgehead atoms. The van der Waals surface area contributed by atoms with Crippen molar-refractivity contribution in [2.75, 3.05) is 26.2 Å². The van der Waals surface area contributed by atoms with Gasteiger partial charge < -0.3 is 5.32 Å². The highest BCUT2D eigenvalue weighted by Gasteiger charge is 2.10. The largest absolute Gasteiger partial charge is 0.316 e. The summed E-state index contributed by atoms with van der Waals surface area (Å²) in [6, 6.07) is 9.19. The second kappa shape index (κ2) is 7.61. The lowest BCUT2D eigenvalue weighted by Crippen LogP contribution is -2.28. The van der Waals surface area contributed by atoms with Gasteiger partial charge in [-0.3, -0.25) is 4.90 Å². The minimum Gasteiger partial charge on any atom is -0.316 e. The number of likely N-dealkylation sites (N-methyl/N-ethyl adjacent to an activating group) is 1. The minimum absolute atomic E-state index is 0.587. The van der Waals surface area contributed by atoms with Crippen molar-refractivity contribution in [2.24, 2.45) is 0 Å². The van der Waals surface area contributed by atoms with Gasteiger partial charge in [0.25, 0.3) is 0 Å². The van der Waals surface area contributed by atoms with Crippen LogP contribution >= 0.6 is 0 Å². The minimum atomic E-state index is 0.587. The molecule has 1 N–H and O–H groups in total. The van der Waals surface area contributed by atoms with Crippen molar-refractivity contribution in [1.82, 2.24) is 10.2 Å². The van der Waals surface area contributed by atoms with Crippen LogP contribution < -0.4 is 5.32 Å². The van der Waals surface area contributed by atoms with Crippen LogP contribution in [0, 0.1) is 0 Å². The second-order valence-corrected chi connectivity index (χ2v) is 6.00. The van der Waals surface area contributed by atoms with E-state index >= 15 is 0 Å². The lowest BCUT2D eigenvalue weighted by atomic mass is 9.99. The highest BCUT2D eigenvalue weighted by molar-refractivity contribution is 5.25. The van der Waals surface area contributed by atoms with Gasteiger partial charge in [-0.05, 0) is 36.9 Å². The maximum atomic E-state index is 3.42. The average molecular weight is 272 g/mol. The number of nitrogens with one attached hydrogen (secondary N) is 1. The van der Waals surface area contributed by atoms with Gasteiger partial charge in [-0.15, -0.1) is 0 Å². The van der Waals surface area contributed by atoms with E-state index in [0.717, 1.165) is 26.2 Å². The summed E-state index contributed by atoms with van der Waals surface area (Å²) >= 11 is 0. The molecule has 1 atom stereocenters. The predicted molar refractivity (Wildman–Crippen MR) is 87.1 cm³/mol. The third-order valence-electron chi connectivity index (χ3n) is 4.07. The summed E-state index contributed by atoms with van der Waals surface area (Å²) in [4.78, 5) is 2.53. The fourth-order valence-electron chi connectivity index (χ4n) is 2.81. The van der Waals surface area contributed by atoms with Crippen LogP contribution in [0.3, 0.4) is 0 Å². The Hall–Kier alpha value is -1.12. The molecule has 0 radical (unpaired) electrons. The molecule has 1 aliphatic rings. The molecule has 2 heteroatoms. The van der Waals surface area contributed by atoms with Gasteiger partial charge in [0.05, 0.1) is 0 Å². The molecular weight excluding hydrogens is 244 g/mol. The molecule has 0 fully saturated rings. The highest BCUT2D eigenvalue weighted by atomic mass is 15.1. The van der Waals surface area contributed by atoms with E-state index in [2.05, 4.69) is 61.3 Å². The zero-order valence-electron chi connectivity index (χ0n) is 13.2. The van der Waals surface area contributed by atoms with E-state index in [1.165, 1.54) is 29.7 Å². The zero-order chi connectivity index (χ0) is 14.4. The average Bonchev–Trinajstić information content (AvgIpc) is 2.45. The zero-order valence-corrected chi connectivity index (χ0v) is 13.2. The van der Waals surface area contributed by atoms with E-state index in [1.54, 1.807) is 0 Å². The molecule has 0 aromatic heterocycles. The first kappa shape index (κ1) is 15.3. The van der Waals surface area contributed by atoms with Crippen molar-refractivity contribution in [1.29, 1.82) is 0 Å². The van der Waals surface area contributed by atoms with Gasteiger partial charge in [0.15, 0.2) is 0 Å². The molecule has 0 saturated heterocycles. The van der Waals surface area contributed by atoms with Crippen LogP contribution in [-0.4, -0.2) is 31.1 Å². The van der Waals surface area contributed by atoms with Crippen molar-refractivity contribution in [3.05, 3.63) is 47.0 Å². The topological polar surface area (TPSA) is 15.3 Å². The third kappa shape index (κ3) is 4.46. The molecule has 110 valence electrons. The molecule has 1 heterocycles. The summed E-state index contributed by atoms with van der Waals surface area (Å²) in [5.41, 5.74) is 4.37. The molecular formula is C18H28N2. The monoisotopic (exact) mass is 272 g/mol. The Morgan fingerprint density at radius 1 is 1.25 bits per heavy atom. The van der Waals surface area contributed by atoms with Crippen LogP contribution in [0.1, 0.15) is 44.2 Å². The molecule has 0 amide bonds. The first-order chi connectivity index (χ1) is 9.69. The Bertz CT molecular complexity index is 433. The van der Waals surface area contributed by atoms with E-state index in [-0.39, 0.29) is 0 Å². The number of hydrogen-bond donors (Lipinski definition) is 1. The van der Waals surface area contributed by atoms with E-state index in [4.69, 9.17) is 0 Å². The molecule has 1 unspecified atom stereocenters. The number of rotatable bonds is 6. The molecule has 2 nitrogen and oxygen atoms in total. The molecule has 0 saturated carbocycles. The summed E-state index contributed by atoms with van der Waals surface area (Å²) in [5, 5.41) is 3.42. The Morgan fingerprint density at radius 2 is 2.00 bits per heavy atom. The number of nitrogens with zero attached hydrogens (tertiary/aromatic N) is 1. The molecule has 0 spiro atoms. The van der Waals surface area contributed by atoms with Gasteiger partial charge >= 0.3 is 0 Å². The molecule has 1 aromatic carbocycles. The molecule has 1 aromatic rings. The first-order valence-electron chi connectivity index (χ1n) is 7.86. The standard InChI is InChI=1S/C18H28N2/c1-4-19-12-16(3)18-9-7-17(8-10-18)14-20-11-5-6-15(2)13-20/h6-10,16,19H,4-5,11-14H2,1-3H3. The Morgan fingerprint density at radius 3 is 2.65 bits per heavy atom. The summed E-state index contributed by atoms with van der Waals surface area (Å²) < 4.78 is 0. The number of hydrogen-bond acceptors (Lipinski definition) is 2. The van der Waals surface area contributed by atoms with E-state index in [1.807, 2.05) is 0 Å². The third-order valence-corrected chi connectivity index (χ3v) is 4.07. The fourth-order valence-corrected chi connectivity index (χ4v) is 2.81. The summed E-state index contributed by atoms with van der Waals surface area (Å²) in [6.45, 7) is 12.2. The quantitative estimate of drug-likeness (QED) is 0.797. The van der Waals surface area contributed by atoms with Gasteiger partial charge in [-0.1, -0.05) is 49.8 Å². The molecule has 1 aliphatic heterocycles. The van der Waals surface area contributed by atoms with Crippen LogP contribution in [0.15, 0.2) is 35.9 Å². The van der Waals surface area contributed by atoms with Crippen molar-refractivity contribution in [2.45, 2.75) is 39.7 Å². The Kier molecular flexibility index (Phi) is 5.81. The van der Waals surface area contributed by atoms with Crippen molar-refractivity contribution in [3.63, 3.8) is 0 Å². The van der Waals surface area contributed by atoms with Crippen LogP contribution in [0.4, 0.5) is 0 Å². The van der Waals surface area contributed by atoms with Crippen LogP contribution in [-0.2, 0) is 6.54 Å². The Balaban J connectivity index is 1.89. The normalized spacial score (nSPS) is 17.9. The lowest BCUT2D eigenvalue weighted by Gasteiger charge is -2.26. The predicted octanol–water partition coefficient (Wildman–Crippen LogP) is 3.55.